The van der Waals surface area contributed by atoms with E-state index >= 15 is 0 Å². The number of fused-ring (bicyclic) bond motifs is 1. The maximum Gasteiger partial charge on any atom is 0.420 e. The number of carbonyl (C=O) groups is 1. The van der Waals surface area contributed by atoms with Crippen molar-refractivity contribution in [2.24, 2.45) is 0 Å². The van der Waals surface area contributed by atoms with Gasteiger partial charge in [-0.15, -0.1) is 10.2 Å². The second kappa shape index (κ2) is 5.88. The van der Waals surface area contributed by atoms with Gasteiger partial charge in [0.1, 0.15) is 5.56 Å². The third-order valence-corrected chi connectivity index (χ3v) is 2.97. The van der Waals surface area contributed by atoms with Crippen molar-refractivity contribution in [2.75, 3.05) is 0 Å². The Balaban J connectivity index is 2.35. The molecule has 0 saturated heterocycles. The summed E-state index contributed by atoms with van der Waals surface area (Å²) in [7, 11) is 0. The lowest BCUT2D eigenvalue weighted by atomic mass is 10.2. The van der Waals surface area contributed by atoms with Gasteiger partial charge in [0.15, 0.2) is 11.5 Å². The fraction of sp³-hybridized carbons (Fsp3) is 0.417. The fourth-order valence-electron chi connectivity index (χ4n) is 1.83. The number of hydrogen-bond donors (Lipinski definition) is 1. The van der Waals surface area contributed by atoms with E-state index in [2.05, 4.69) is 15.5 Å². The van der Waals surface area contributed by atoms with Crippen molar-refractivity contribution in [3.05, 3.63) is 28.7 Å². The molecule has 5 nitrogen and oxygen atoms in total. The largest absolute Gasteiger partial charge is 0.420 e. The van der Waals surface area contributed by atoms with Crippen LogP contribution in [0.25, 0.3) is 5.65 Å². The molecule has 0 radical (unpaired) electrons. The van der Waals surface area contributed by atoms with Crippen LogP contribution < -0.4 is 5.32 Å². The van der Waals surface area contributed by atoms with Gasteiger partial charge in [0, 0.05) is 12.6 Å². The summed E-state index contributed by atoms with van der Waals surface area (Å²) in [5, 5.41) is 9.70. The number of rotatable bonds is 4. The second-order valence-electron chi connectivity index (χ2n) is 4.41. The number of halogens is 4. The van der Waals surface area contributed by atoms with E-state index in [0.717, 1.165) is 10.5 Å². The average molecular weight is 321 g/mol. The monoisotopic (exact) mass is 320 g/mol. The number of aromatic nitrogens is 3. The van der Waals surface area contributed by atoms with E-state index in [1.807, 2.05) is 6.92 Å². The molecule has 0 saturated carbocycles. The zero-order chi connectivity index (χ0) is 15.6. The van der Waals surface area contributed by atoms with E-state index in [4.69, 9.17) is 11.6 Å². The molecular weight excluding hydrogens is 309 g/mol. The highest BCUT2D eigenvalue weighted by atomic mass is 35.5. The summed E-state index contributed by atoms with van der Waals surface area (Å²) in [6.45, 7) is 1.83. The van der Waals surface area contributed by atoms with Crippen LogP contribution >= 0.6 is 11.6 Å². The molecule has 0 unspecified atom stereocenters. The lowest BCUT2D eigenvalue weighted by Crippen LogP contribution is -2.23. The van der Waals surface area contributed by atoms with Gasteiger partial charge >= 0.3 is 6.18 Å². The highest BCUT2D eigenvalue weighted by Gasteiger charge is 2.35. The van der Waals surface area contributed by atoms with Crippen molar-refractivity contribution < 1.29 is 18.0 Å². The van der Waals surface area contributed by atoms with Gasteiger partial charge in [-0.2, -0.15) is 13.2 Å². The Hall–Kier alpha value is -1.83. The Bertz CT molecular complexity index is 668. The molecule has 0 aromatic carbocycles. The van der Waals surface area contributed by atoms with Crippen LogP contribution in [0.5, 0.6) is 0 Å². The van der Waals surface area contributed by atoms with Gasteiger partial charge in [0.25, 0.3) is 0 Å². The predicted octanol–water partition coefficient (Wildman–Crippen LogP) is 2.82. The van der Waals surface area contributed by atoms with Crippen LogP contribution in [0.2, 0.25) is 5.02 Å². The van der Waals surface area contributed by atoms with Crippen LogP contribution in [0.4, 0.5) is 13.2 Å². The highest BCUT2D eigenvalue weighted by Crippen LogP contribution is 2.33. The summed E-state index contributed by atoms with van der Waals surface area (Å²) in [5.41, 5.74) is -1.31. The summed E-state index contributed by atoms with van der Waals surface area (Å²) in [6, 6.07) is 0.797. The zero-order valence-electron chi connectivity index (χ0n) is 11.0. The number of nitrogens with zero attached hydrogens (tertiary/aromatic N) is 3. The van der Waals surface area contributed by atoms with Crippen molar-refractivity contribution in [3.8, 4) is 0 Å². The molecule has 0 aliphatic carbocycles. The van der Waals surface area contributed by atoms with E-state index in [-0.39, 0.29) is 28.9 Å². The summed E-state index contributed by atoms with van der Waals surface area (Å²) in [6.07, 6.45) is -2.28. The van der Waals surface area contributed by atoms with E-state index < -0.39 is 11.7 Å². The summed E-state index contributed by atoms with van der Waals surface area (Å²) < 4.78 is 39.9. The molecule has 2 rings (SSSR count). The minimum atomic E-state index is -4.58. The molecule has 0 fully saturated rings. The SMILES string of the molecule is CCCC(=O)NCc1nnc2c(C(F)(F)F)cc(Cl)cn12. The highest BCUT2D eigenvalue weighted by molar-refractivity contribution is 6.30. The Morgan fingerprint density at radius 1 is 1.43 bits per heavy atom. The van der Waals surface area contributed by atoms with Gasteiger partial charge in [-0.25, -0.2) is 0 Å². The van der Waals surface area contributed by atoms with Crippen molar-refractivity contribution in [1.29, 1.82) is 0 Å². The first-order valence-electron chi connectivity index (χ1n) is 6.20. The van der Waals surface area contributed by atoms with Gasteiger partial charge in [-0.1, -0.05) is 18.5 Å². The molecule has 0 aliphatic heterocycles. The van der Waals surface area contributed by atoms with Crippen LogP contribution in [0.3, 0.4) is 0 Å². The lowest BCUT2D eigenvalue weighted by molar-refractivity contribution is -0.136. The molecule has 0 bridgehead atoms. The lowest BCUT2D eigenvalue weighted by Gasteiger charge is -2.09. The topological polar surface area (TPSA) is 59.3 Å². The van der Waals surface area contributed by atoms with Gasteiger partial charge in [0.05, 0.1) is 11.6 Å². The molecule has 0 atom stereocenters. The summed E-state index contributed by atoms with van der Waals surface area (Å²) >= 11 is 5.71. The van der Waals surface area contributed by atoms with Gasteiger partial charge < -0.3 is 5.32 Å². The Morgan fingerprint density at radius 2 is 2.14 bits per heavy atom. The molecule has 21 heavy (non-hydrogen) atoms. The third-order valence-electron chi connectivity index (χ3n) is 2.77. The van der Waals surface area contributed by atoms with Gasteiger partial charge in [-0.3, -0.25) is 9.20 Å². The van der Waals surface area contributed by atoms with Crippen LogP contribution in [-0.2, 0) is 17.5 Å². The molecule has 9 heteroatoms. The number of amides is 1. The van der Waals surface area contributed by atoms with Gasteiger partial charge in [-0.05, 0) is 12.5 Å². The smallest absolute Gasteiger partial charge is 0.349 e. The zero-order valence-corrected chi connectivity index (χ0v) is 11.8. The normalized spacial score (nSPS) is 11.9. The van der Waals surface area contributed by atoms with Gasteiger partial charge in [0.2, 0.25) is 5.91 Å². The van der Waals surface area contributed by atoms with E-state index in [1.165, 1.54) is 6.20 Å². The van der Waals surface area contributed by atoms with Crippen LogP contribution in [0.15, 0.2) is 12.3 Å². The van der Waals surface area contributed by atoms with Crippen molar-refractivity contribution >= 4 is 23.2 Å². The predicted molar refractivity (Wildman–Crippen MR) is 69.8 cm³/mol. The molecule has 2 heterocycles. The maximum absolute atomic E-state index is 12.9. The van der Waals surface area contributed by atoms with Crippen LogP contribution in [0.1, 0.15) is 31.2 Å². The molecular formula is C12H12ClF3N4O. The fourth-order valence-corrected chi connectivity index (χ4v) is 2.03. The molecule has 2 aromatic heterocycles. The molecule has 114 valence electrons. The minimum absolute atomic E-state index is 0.0162. The van der Waals surface area contributed by atoms with Crippen molar-refractivity contribution in [3.63, 3.8) is 0 Å². The molecule has 1 amide bonds. The number of carbonyl (C=O) groups excluding carboxylic acids is 1. The van der Waals surface area contributed by atoms with E-state index in [9.17, 15) is 18.0 Å². The minimum Gasteiger partial charge on any atom is -0.349 e. The Kier molecular flexibility index (Phi) is 4.36. The number of alkyl halides is 3. The summed E-state index contributed by atoms with van der Waals surface area (Å²) in [4.78, 5) is 11.4. The average Bonchev–Trinajstić information content (AvgIpc) is 2.77. The van der Waals surface area contributed by atoms with Crippen LogP contribution in [0, 0.1) is 0 Å². The van der Waals surface area contributed by atoms with Crippen LogP contribution in [-0.4, -0.2) is 20.5 Å². The standard InChI is InChI=1S/C12H12ClF3N4O/c1-2-3-10(21)17-5-9-18-19-11-8(12(14,15)16)4-7(13)6-20(9)11/h4,6H,2-3,5H2,1H3,(H,17,21). The maximum atomic E-state index is 12.9. The second-order valence-corrected chi connectivity index (χ2v) is 4.84. The van der Waals surface area contributed by atoms with E-state index in [1.54, 1.807) is 0 Å². The number of hydrogen-bond acceptors (Lipinski definition) is 3. The Labute approximate surface area is 123 Å². The third kappa shape index (κ3) is 3.44. The van der Waals surface area contributed by atoms with Crippen molar-refractivity contribution in [1.82, 2.24) is 19.9 Å². The Morgan fingerprint density at radius 3 is 2.76 bits per heavy atom. The summed E-state index contributed by atoms with van der Waals surface area (Å²) in [5.74, 6) is -0.0187. The van der Waals surface area contributed by atoms with Crippen molar-refractivity contribution in [2.45, 2.75) is 32.5 Å². The molecule has 0 aliphatic rings. The quantitative estimate of drug-likeness (QED) is 0.942. The molecule has 2 aromatic rings. The first kappa shape index (κ1) is 15.6. The number of pyridine rings is 1. The van der Waals surface area contributed by atoms with E-state index in [0.29, 0.717) is 12.8 Å². The molecule has 1 N–H and O–H groups in total. The first-order chi connectivity index (χ1) is 9.82. The first-order valence-corrected chi connectivity index (χ1v) is 6.57. The number of nitrogens with one attached hydrogen (secondary N) is 1. The molecule has 0 spiro atoms.